The van der Waals surface area contributed by atoms with Crippen molar-refractivity contribution >= 4 is 78.5 Å². The van der Waals surface area contributed by atoms with Gasteiger partial charge in [-0.1, -0.05) is 11.6 Å². The van der Waals surface area contributed by atoms with E-state index in [0.29, 0.717) is 13.8 Å². The number of sulfonamides is 2. The highest BCUT2D eigenvalue weighted by molar-refractivity contribution is 7.90. The number of halogens is 9. The summed E-state index contributed by atoms with van der Waals surface area (Å²) in [5.41, 5.74) is 0.646. The minimum Gasteiger partial charge on any atom is -0.489 e. The Morgan fingerprint density at radius 1 is 0.658 bits per heavy atom. The molecule has 0 aliphatic carbocycles. The number of benzene rings is 2. The molecule has 22 nitrogen and oxygen atoms in total. The Hall–Kier alpha value is -7.03. The number of carbonyl (C=O) groups excluding carboxylic acids is 6. The third-order valence-corrected chi connectivity index (χ3v) is 16.7. The molecule has 4 aliphatic rings. The number of fused-ring (bicyclic) bond motifs is 4. The van der Waals surface area contributed by atoms with E-state index >= 15 is 0 Å². The number of hydrogen-bond donors (Lipinski definition) is 6. The zero-order valence-electron chi connectivity index (χ0n) is 42.2. The van der Waals surface area contributed by atoms with Gasteiger partial charge in [0.15, 0.2) is 27.8 Å². The van der Waals surface area contributed by atoms with E-state index in [1.807, 2.05) is 0 Å². The molecule has 4 aromatic rings. The molecular formula is C46H49ClF8N10O12S2. The second-order valence-electron chi connectivity index (χ2n) is 19.0. The molecule has 0 saturated carbocycles. The van der Waals surface area contributed by atoms with Gasteiger partial charge >= 0.3 is 36.0 Å². The number of aromatic nitrogens is 2. The summed E-state index contributed by atoms with van der Waals surface area (Å²) in [6.45, 7) is 2.96. The molecule has 79 heavy (non-hydrogen) atoms. The Balaban J connectivity index is 0.000000229. The highest BCUT2D eigenvalue weighted by Crippen LogP contribution is 2.41. The molecule has 0 unspecified atom stereocenters. The van der Waals surface area contributed by atoms with Crippen LogP contribution < -0.4 is 40.2 Å². The van der Waals surface area contributed by atoms with Crippen molar-refractivity contribution in [3.05, 3.63) is 81.9 Å². The van der Waals surface area contributed by atoms with E-state index in [0.717, 1.165) is 20.4 Å². The smallest absolute Gasteiger partial charge is 0.408 e. The first-order valence-corrected chi connectivity index (χ1v) is 26.8. The van der Waals surface area contributed by atoms with Crippen LogP contribution in [0.1, 0.15) is 46.0 Å². The number of anilines is 2. The van der Waals surface area contributed by atoms with Crippen molar-refractivity contribution in [2.45, 2.75) is 74.0 Å². The summed E-state index contributed by atoms with van der Waals surface area (Å²) in [5, 5.41) is 7.93. The molecule has 0 bridgehead atoms. The summed E-state index contributed by atoms with van der Waals surface area (Å²) in [6.07, 6.45) is -8.34. The molecule has 6 N–H and O–H groups in total. The van der Waals surface area contributed by atoms with Crippen LogP contribution in [0.15, 0.2) is 52.4 Å². The van der Waals surface area contributed by atoms with Crippen LogP contribution in [0, 0.1) is 37.3 Å². The number of alkyl halides is 6. The van der Waals surface area contributed by atoms with Gasteiger partial charge in [-0.15, -0.1) is 0 Å². The van der Waals surface area contributed by atoms with Crippen LogP contribution in [0.4, 0.5) is 46.5 Å². The number of nitrogens with zero attached hydrogens (tertiary/aromatic N) is 4. The first kappa shape index (κ1) is 59.6. The van der Waals surface area contributed by atoms with Gasteiger partial charge in [0.05, 0.1) is 13.2 Å². The molecule has 2 aromatic heterocycles. The zero-order valence-corrected chi connectivity index (χ0v) is 44.5. The summed E-state index contributed by atoms with van der Waals surface area (Å²) in [7, 11) is -5.97. The maximum atomic E-state index is 13.6. The minimum atomic E-state index is -4.76. The summed E-state index contributed by atoms with van der Waals surface area (Å²) in [4.78, 5) is 76.5. The zero-order chi connectivity index (χ0) is 58.6. The van der Waals surface area contributed by atoms with Crippen LogP contribution in [0.25, 0.3) is 0 Å². The fourth-order valence-electron chi connectivity index (χ4n) is 8.77. The molecule has 6 amide bonds. The van der Waals surface area contributed by atoms with E-state index in [1.165, 1.54) is 69.0 Å². The lowest BCUT2D eigenvalue weighted by molar-refractivity contribution is -0.162. The predicted molar refractivity (Wildman–Crippen MR) is 261 cm³/mol. The quantitative estimate of drug-likeness (QED) is 0.120. The minimum absolute atomic E-state index is 0.137. The van der Waals surface area contributed by atoms with Crippen molar-refractivity contribution in [2.24, 2.45) is 25.9 Å². The summed E-state index contributed by atoms with van der Waals surface area (Å²) < 4.78 is 176. The highest BCUT2D eigenvalue weighted by atomic mass is 35.5. The molecule has 2 fully saturated rings. The van der Waals surface area contributed by atoms with Crippen molar-refractivity contribution in [1.29, 1.82) is 0 Å². The maximum absolute atomic E-state index is 13.6. The predicted octanol–water partition coefficient (Wildman–Crippen LogP) is 3.23. The maximum Gasteiger partial charge on any atom is 0.408 e. The fourth-order valence-corrected chi connectivity index (χ4v) is 12.3. The van der Waals surface area contributed by atoms with Gasteiger partial charge in [0.1, 0.15) is 33.8 Å². The van der Waals surface area contributed by atoms with E-state index in [9.17, 15) is 80.7 Å². The van der Waals surface area contributed by atoms with E-state index in [4.69, 9.17) is 21.1 Å². The van der Waals surface area contributed by atoms with Gasteiger partial charge in [-0.2, -0.15) is 26.3 Å². The third-order valence-electron chi connectivity index (χ3n) is 13.2. The molecule has 0 spiro atoms. The van der Waals surface area contributed by atoms with Crippen LogP contribution in [0.2, 0.25) is 5.15 Å². The molecule has 2 saturated heterocycles. The Morgan fingerprint density at radius 3 is 1.51 bits per heavy atom. The molecule has 4 aliphatic heterocycles. The van der Waals surface area contributed by atoms with Crippen LogP contribution in [0.3, 0.4) is 0 Å². The van der Waals surface area contributed by atoms with Crippen LogP contribution in [-0.2, 0) is 53.3 Å². The Labute approximate surface area is 449 Å². The van der Waals surface area contributed by atoms with Crippen LogP contribution >= 0.6 is 11.6 Å². The van der Waals surface area contributed by atoms with Crippen molar-refractivity contribution in [2.75, 3.05) is 50.0 Å². The monoisotopic (exact) mass is 1180 g/mol. The van der Waals surface area contributed by atoms with Crippen LogP contribution in [-0.4, -0.2) is 147 Å². The SMILES string of the molecule is Cc1cc(NC(=O)c2c3c(c(Cl)n2C)S(=O)(=O)N[C@H]2CN(C(=O)C(=O)N[C@H](C)C(F)(F)F)C[C@H]2CO3)ccc1F.Cc1cc(NC(=O)c2c3c(cn2C)S(=O)(=O)N[C@H]2CN(C(=O)C(=O)N[C@H](C)C(F)(F)F)C[C@H]2CO3)ccc1F. The number of likely N-dealkylation sites (tertiary alicyclic amines) is 2. The number of rotatable bonds is 6. The van der Waals surface area contributed by atoms with E-state index in [2.05, 4.69) is 20.1 Å². The molecular weight excluding hydrogens is 1140 g/mol. The number of amides is 6. The second-order valence-corrected chi connectivity index (χ2v) is 22.7. The fraction of sp³-hybridized carbons (Fsp3) is 0.435. The van der Waals surface area contributed by atoms with Crippen molar-refractivity contribution < 1.29 is 90.2 Å². The van der Waals surface area contributed by atoms with Gasteiger partial charge in [-0.25, -0.2) is 35.1 Å². The molecule has 2 aromatic carbocycles. The summed E-state index contributed by atoms with van der Waals surface area (Å²) in [6, 6.07) is 1.35. The Kier molecular flexibility index (Phi) is 16.8. The van der Waals surface area contributed by atoms with Crippen molar-refractivity contribution in [3.63, 3.8) is 0 Å². The topological polar surface area (TPSA) is 278 Å². The van der Waals surface area contributed by atoms with E-state index < -0.39 is 120 Å². The number of hydrogen-bond acceptors (Lipinski definition) is 12. The number of aryl methyl sites for hydroxylation is 3. The molecule has 8 rings (SSSR count). The molecule has 6 heterocycles. The van der Waals surface area contributed by atoms with Gasteiger partial charge in [-0.3, -0.25) is 28.8 Å². The highest BCUT2D eigenvalue weighted by Gasteiger charge is 2.48. The van der Waals surface area contributed by atoms with Gasteiger partial charge in [0.25, 0.3) is 11.8 Å². The lowest BCUT2D eigenvalue weighted by atomic mass is 10.1. The number of carbonyl (C=O) groups is 6. The second kappa shape index (κ2) is 22.2. The number of nitrogens with one attached hydrogen (secondary N) is 6. The first-order chi connectivity index (χ1) is 36.6. The van der Waals surface area contributed by atoms with Gasteiger partial charge < -0.3 is 49.7 Å². The molecule has 6 atom stereocenters. The third kappa shape index (κ3) is 12.7. The van der Waals surface area contributed by atoms with E-state index in [-0.39, 0.29) is 94.8 Å². The van der Waals surface area contributed by atoms with Gasteiger partial charge in [0, 0.05) is 81.8 Å². The van der Waals surface area contributed by atoms with Gasteiger partial charge in [-0.05, 0) is 75.2 Å². The molecule has 0 radical (unpaired) electrons. The average molecular weight is 1190 g/mol. The lowest BCUT2D eigenvalue weighted by Gasteiger charge is -2.23. The Bertz CT molecular complexity index is 3370. The molecule has 33 heteroatoms. The summed E-state index contributed by atoms with van der Waals surface area (Å²) >= 11 is 6.31. The Morgan fingerprint density at radius 2 is 1.08 bits per heavy atom. The van der Waals surface area contributed by atoms with Crippen molar-refractivity contribution in [3.8, 4) is 11.5 Å². The van der Waals surface area contributed by atoms with Crippen LogP contribution in [0.5, 0.6) is 11.5 Å². The lowest BCUT2D eigenvalue weighted by Crippen LogP contribution is -2.50. The van der Waals surface area contributed by atoms with Crippen molar-refractivity contribution in [1.82, 2.24) is 39.0 Å². The van der Waals surface area contributed by atoms with Gasteiger partial charge in [0.2, 0.25) is 20.0 Å². The molecule has 430 valence electrons. The van der Waals surface area contributed by atoms with E-state index in [1.54, 1.807) is 10.6 Å². The summed E-state index contributed by atoms with van der Waals surface area (Å²) in [5.74, 6) is -9.99. The first-order valence-electron chi connectivity index (χ1n) is 23.4. The largest absolute Gasteiger partial charge is 0.489 e. The average Bonchev–Trinajstić information content (AvgIpc) is 4.31. The number of ether oxygens (including phenoxy) is 2. The standard InChI is InChI=1S/C23H24ClF4N5O6S.C23H25F4N5O6S/c1-10-6-13(4-5-14(10)25)30-20(34)16-17-18(19(24)32(16)3)40(37,38)31-15-8-33(7-12(15)9-39-17)22(36)21(35)29-11(2)23(26,27)28;1-11-6-14(4-5-15(11)24)29-20(33)18-19-17(9-31(18)3)39(36,37)30-16-8-32(7-13(16)10-38-19)22(35)21(34)28-12(2)23(25,26)27/h4-6,11-12,15,31H,7-9H2,1-3H3,(H,29,35)(H,30,34);4-6,9,12-13,16,30H,7-8,10H2,1-3H3,(H,28,34)(H,29,33)/t11-,12+,15+;12-,13+,16+/m11/s1. The normalized spacial score (nSPS) is 20.9.